The molecule has 0 radical (unpaired) electrons. The Morgan fingerprint density at radius 1 is 0.400 bits per heavy atom. The van der Waals surface area contributed by atoms with Crippen molar-refractivity contribution < 1.29 is 58.2 Å². The molecule has 0 aliphatic carbocycles. The van der Waals surface area contributed by atoms with E-state index in [0.29, 0.717) is 19.3 Å². The van der Waals surface area contributed by atoms with E-state index in [2.05, 4.69) is 106 Å². The number of rotatable bonds is 59. The van der Waals surface area contributed by atoms with Crippen molar-refractivity contribution in [1.82, 2.24) is 0 Å². The van der Waals surface area contributed by atoms with Gasteiger partial charge in [-0.2, -0.15) is 0 Å². The number of ether oxygens (including phenoxy) is 5. The summed E-state index contributed by atoms with van der Waals surface area (Å²) in [6, 6.07) is 0. The fourth-order valence-corrected chi connectivity index (χ4v) is 10.2. The van der Waals surface area contributed by atoms with E-state index in [1.165, 1.54) is 103 Å². The highest BCUT2D eigenvalue weighted by atomic mass is 16.7. The minimum atomic E-state index is -1.91. The lowest BCUT2D eigenvalue weighted by molar-refractivity contribution is -0.301. The maximum atomic E-state index is 13.2. The molecule has 0 spiro atoms. The van der Waals surface area contributed by atoms with Crippen molar-refractivity contribution in [1.29, 1.82) is 0 Å². The van der Waals surface area contributed by atoms with Gasteiger partial charge in [0, 0.05) is 19.3 Å². The number of aliphatic carboxylic acids is 1. The van der Waals surface area contributed by atoms with Gasteiger partial charge in [0.2, 0.25) is 0 Å². The molecule has 85 heavy (non-hydrogen) atoms. The van der Waals surface area contributed by atoms with Gasteiger partial charge in [-0.1, -0.05) is 254 Å². The van der Waals surface area contributed by atoms with Crippen molar-refractivity contribution in [2.24, 2.45) is 0 Å². The molecule has 1 saturated heterocycles. The first-order valence-electron chi connectivity index (χ1n) is 34.6. The predicted molar refractivity (Wildman–Crippen MR) is 349 cm³/mol. The zero-order valence-corrected chi connectivity index (χ0v) is 54.1. The van der Waals surface area contributed by atoms with Crippen LogP contribution in [-0.4, -0.2) is 89.2 Å². The lowest BCUT2D eigenvalue weighted by Crippen LogP contribution is -2.61. The number of hydrogen-bond donors (Lipinski definition) is 3. The van der Waals surface area contributed by atoms with Gasteiger partial charge in [-0.15, -0.1) is 0 Å². The highest BCUT2D eigenvalue weighted by Crippen LogP contribution is 2.27. The monoisotopic (exact) mass is 1190 g/mol. The van der Waals surface area contributed by atoms with E-state index in [0.717, 1.165) is 141 Å². The molecule has 6 atom stereocenters. The number of aliphatic hydroxyl groups is 2. The summed E-state index contributed by atoms with van der Waals surface area (Å²) >= 11 is 0. The summed E-state index contributed by atoms with van der Waals surface area (Å²) in [6.07, 6.45) is 66.7. The summed E-state index contributed by atoms with van der Waals surface area (Å²) in [5.74, 6) is -3.14. The van der Waals surface area contributed by atoms with Crippen LogP contribution in [0.1, 0.15) is 303 Å². The Morgan fingerprint density at radius 2 is 0.741 bits per heavy atom. The van der Waals surface area contributed by atoms with E-state index in [-0.39, 0.29) is 25.9 Å². The quantitative estimate of drug-likeness (QED) is 0.0228. The van der Waals surface area contributed by atoms with Crippen molar-refractivity contribution in [3.8, 4) is 0 Å². The van der Waals surface area contributed by atoms with Crippen LogP contribution in [-0.2, 0) is 42.9 Å². The highest BCUT2D eigenvalue weighted by molar-refractivity contribution is 5.74. The van der Waals surface area contributed by atoms with Crippen LogP contribution in [0.2, 0.25) is 0 Å². The molecular formula is C73H124O12. The molecule has 0 bridgehead atoms. The molecule has 1 heterocycles. The lowest BCUT2D eigenvalue weighted by Gasteiger charge is -2.40. The van der Waals surface area contributed by atoms with Crippen LogP contribution in [0.15, 0.2) is 85.1 Å². The molecule has 1 aliphatic heterocycles. The zero-order valence-electron chi connectivity index (χ0n) is 54.1. The van der Waals surface area contributed by atoms with Gasteiger partial charge in [0.05, 0.1) is 6.61 Å². The van der Waals surface area contributed by atoms with Gasteiger partial charge in [0.25, 0.3) is 0 Å². The number of hydrogen-bond acceptors (Lipinski definition) is 11. The molecule has 1 aliphatic rings. The van der Waals surface area contributed by atoms with Gasteiger partial charge in [-0.3, -0.25) is 14.4 Å². The summed E-state index contributed by atoms with van der Waals surface area (Å²) in [7, 11) is 0. The number of allylic oxidation sites excluding steroid dienone is 14. The fourth-order valence-electron chi connectivity index (χ4n) is 10.2. The first-order valence-corrected chi connectivity index (χ1v) is 34.6. The van der Waals surface area contributed by atoms with Gasteiger partial charge in [-0.25, -0.2) is 4.79 Å². The molecule has 0 aromatic carbocycles. The summed E-state index contributed by atoms with van der Waals surface area (Å²) in [4.78, 5) is 51.5. The average molecular weight is 1190 g/mol. The maximum absolute atomic E-state index is 13.2. The van der Waals surface area contributed by atoms with E-state index in [1.807, 2.05) is 0 Å². The minimum absolute atomic E-state index is 0.0457. The van der Waals surface area contributed by atoms with Crippen LogP contribution >= 0.6 is 0 Å². The van der Waals surface area contributed by atoms with Crippen LogP contribution in [0, 0.1) is 0 Å². The zero-order chi connectivity index (χ0) is 61.7. The molecule has 0 aromatic heterocycles. The smallest absolute Gasteiger partial charge is 0.335 e. The van der Waals surface area contributed by atoms with Crippen LogP contribution in [0.4, 0.5) is 0 Å². The van der Waals surface area contributed by atoms with Crippen molar-refractivity contribution in [2.45, 2.75) is 340 Å². The third-order valence-corrected chi connectivity index (χ3v) is 15.4. The topological polar surface area (TPSA) is 175 Å². The van der Waals surface area contributed by atoms with Crippen molar-refractivity contribution in [3.05, 3.63) is 85.1 Å². The van der Waals surface area contributed by atoms with Crippen LogP contribution in [0.5, 0.6) is 0 Å². The summed E-state index contributed by atoms with van der Waals surface area (Å²) < 4.78 is 28.6. The Morgan fingerprint density at radius 3 is 1.16 bits per heavy atom. The Labute approximate surface area is 518 Å². The normalized spacial score (nSPS) is 18.0. The second kappa shape index (κ2) is 60.2. The molecule has 6 unspecified atom stereocenters. The molecule has 488 valence electrons. The van der Waals surface area contributed by atoms with Crippen LogP contribution < -0.4 is 0 Å². The Hall–Kier alpha value is -4.10. The van der Waals surface area contributed by atoms with E-state index in [4.69, 9.17) is 23.7 Å². The molecule has 12 nitrogen and oxygen atoms in total. The van der Waals surface area contributed by atoms with Crippen molar-refractivity contribution >= 4 is 23.9 Å². The van der Waals surface area contributed by atoms with E-state index < -0.39 is 67.3 Å². The van der Waals surface area contributed by atoms with Crippen LogP contribution in [0.3, 0.4) is 0 Å². The van der Waals surface area contributed by atoms with Gasteiger partial charge >= 0.3 is 23.9 Å². The Balaban J connectivity index is 2.66. The first-order chi connectivity index (χ1) is 41.6. The SMILES string of the molecule is CC/C=C\C/C=C\C/C=C\CCCCCCCCCC(=O)OC1C(OCC(COC(=O)CCCCCCCC/C=C\C/C=C\C/C=C\CCCCC)OC(=O)CCCCCCCCCCC/C=C\CCCCCCCC)OC(C(=O)O)C(O)C1O. The second-order valence-electron chi connectivity index (χ2n) is 23.4. The second-order valence-corrected chi connectivity index (χ2v) is 23.4. The number of carboxylic acid groups (broad SMARTS) is 1. The number of carbonyl (C=O) groups is 4. The molecule has 1 rings (SSSR count). The fraction of sp³-hybridized carbons (Fsp3) is 0.753. The molecule has 0 amide bonds. The van der Waals surface area contributed by atoms with Gasteiger partial charge in [0.15, 0.2) is 24.6 Å². The molecule has 0 aromatic rings. The highest BCUT2D eigenvalue weighted by Gasteiger charge is 2.50. The lowest BCUT2D eigenvalue weighted by atomic mass is 9.98. The minimum Gasteiger partial charge on any atom is -0.479 e. The van der Waals surface area contributed by atoms with E-state index in [9.17, 15) is 34.5 Å². The molecular weight excluding hydrogens is 1070 g/mol. The van der Waals surface area contributed by atoms with Crippen molar-refractivity contribution in [2.75, 3.05) is 13.2 Å². The summed E-state index contributed by atoms with van der Waals surface area (Å²) in [6.45, 7) is 5.88. The third kappa shape index (κ3) is 49.6. The molecule has 3 N–H and O–H groups in total. The Kier molecular flexibility index (Phi) is 55.9. The average Bonchev–Trinajstić information content (AvgIpc) is 2.83. The van der Waals surface area contributed by atoms with Gasteiger partial charge < -0.3 is 39.0 Å². The van der Waals surface area contributed by atoms with Crippen LogP contribution in [0.25, 0.3) is 0 Å². The van der Waals surface area contributed by atoms with Crippen molar-refractivity contribution in [3.63, 3.8) is 0 Å². The first kappa shape index (κ1) is 78.9. The number of aliphatic hydroxyl groups excluding tert-OH is 2. The van der Waals surface area contributed by atoms with E-state index in [1.54, 1.807) is 0 Å². The predicted octanol–water partition coefficient (Wildman–Crippen LogP) is 19.0. The number of esters is 3. The largest absolute Gasteiger partial charge is 0.479 e. The number of carbonyl (C=O) groups excluding carboxylic acids is 3. The maximum Gasteiger partial charge on any atom is 0.335 e. The summed E-state index contributed by atoms with van der Waals surface area (Å²) in [5.41, 5.74) is 0. The van der Waals surface area contributed by atoms with E-state index >= 15 is 0 Å². The third-order valence-electron chi connectivity index (χ3n) is 15.4. The Bertz CT molecular complexity index is 1800. The van der Waals surface area contributed by atoms with Gasteiger partial charge in [-0.05, 0) is 116 Å². The standard InChI is InChI=1S/C73H124O12/c1-4-7-10-13-16-19-22-25-28-31-33-36-38-41-44-47-50-53-56-59-65(74)81-62-64(83-66(75)60-57-54-51-48-45-42-40-37-34-32-29-26-23-20-17-14-11-8-5-2)63-82-73-71(69(78)68(77)70(85-73)72(79)80)84-67(76)61-58-55-52-49-46-43-39-35-30-27-24-21-18-15-12-9-6-3/h9,12,16,18-19,21,25-30,33,36,64,68-71,73,77-78H,4-8,10-11,13-15,17,20,22-24,31-32,34-35,37-63H2,1-3H3,(H,79,80)/b12-9-,19-16-,21-18-,28-25-,29-26-,30-27-,36-33-. The molecule has 1 fully saturated rings. The molecule has 12 heteroatoms. The number of unbranched alkanes of at least 4 members (excludes halogenated alkanes) is 31. The number of carboxylic acids is 1. The van der Waals surface area contributed by atoms with Gasteiger partial charge in [0.1, 0.15) is 18.8 Å². The summed E-state index contributed by atoms with van der Waals surface area (Å²) in [5, 5.41) is 31.7. The molecule has 0 saturated carbocycles.